The normalized spacial score (nSPS) is 19.6. The van der Waals surface area contributed by atoms with Crippen molar-refractivity contribution >= 4 is 10.0 Å². The first kappa shape index (κ1) is 18.3. The molecule has 0 radical (unpaired) electrons. The van der Waals surface area contributed by atoms with E-state index >= 15 is 0 Å². The van der Waals surface area contributed by atoms with Gasteiger partial charge in [-0.2, -0.15) is 4.31 Å². The quantitative estimate of drug-likeness (QED) is 0.783. The smallest absolute Gasteiger partial charge is 0.244 e. The lowest BCUT2D eigenvalue weighted by Crippen LogP contribution is -2.48. The molecule has 0 bridgehead atoms. The maximum atomic E-state index is 12.9. The number of hydrogen-bond acceptors (Lipinski definition) is 7. The van der Waals surface area contributed by atoms with Gasteiger partial charge in [0.2, 0.25) is 15.9 Å². The Morgan fingerprint density at radius 3 is 2.63 bits per heavy atom. The van der Waals surface area contributed by atoms with Gasteiger partial charge in [0.05, 0.1) is 25.6 Å². The van der Waals surface area contributed by atoms with Crippen LogP contribution in [-0.4, -0.2) is 54.5 Å². The second-order valence-corrected chi connectivity index (χ2v) is 8.76. The molecule has 1 spiro atoms. The second kappa shape index (κ2) is 6.81. The highest BCUT2D eigenvalue weighted by Gasteiger charge is 2.44. The summed E-state index contributed by atoms with van der Waals surface area (Å²) in [5.74, 6) is 1.09. The molecule has 1 saturated heterocycles. The molecular formula is C18H22N4O4S. The van der Waals surface area contributed by atoms with E-state index in [1.54, 1.807) is 6.07 Å². The first-order valence-electron chi connectivity index (χ1n) is 8.92. The Labute approximate surface area is 158 Å². The molecule has 0 unspecified atom stereocenters. The van der Waals surface area contributed by atoms with Gasteiger partial charge in [-0.15, -0.1) is 0 Å². The van der Waals surface area contributed by atoms with Crippen LogP contribution in [0.5, 0.6) is 5.88 Å². The summed E-state index contributed by atoms with van der Waals surface area (Å²) in [4.78, 5) is 13.1. The molecule has 0 amide bonds. The average molecular weight is 390 g/mol. The molecular weight excluding hydrogens is 368 g/mol. The number of ether oxygens (including phenoxy) is 2. The van der Waals surface area contributed by atoms with E-state index < -0.39 is 15.6 Å². The number of pyridine rings is 1. The van der Waals surface area contributed by atoms with Crippen LogP contribution in [0, 0.1) is 6.92 Å². The Hall–Kier alpha value is -2.10. The minimum atomic E-state index is -3.60. The summed E-state index contributed by atoms with van der Waals surface area (Å²) in [7, 11) is -2.11. The standard InChI is InChI=1S/C18H22N4O4S/c1-13-19-11-14-5-10-26-18(17(14)21-13)6-8-22(9-7-18)27(23,24)15-3-4-16(25-2)20-12-15/h3-4,11-12H,5-10H2,1-2H3. The number of hydrogen-bond donors (Lipinski definition) is 0. The van der Waals surface area contributed by atoms with E-state index in [2.05, 4.69) is 15.0 Å². The number of piperidine rings is 1. The summed E-state index contributed by atoms with van der Waals surface area (Å²) < 4.78 is 38.5. The van der Waals surface area contributed by atoms with Crippen molar-refractivity contribution in [1.82, 2.24) is 19.3 Å². The Bertz CT molecular complexity index is 938. The van der Waals surface area contributed by atoms with E-state index in [9.17, 15) is 8.42 Å². The van der Waals surface area contributed by atoms with Crippen molar-refractivity contribution in [2.24, 2.45) is 0 Å². The van der Waals surface area contributed by atoms with Gasteiger partial charge in [-0.25, -0.2) is 23.4 Å². The fourth-order valence-electron chi connectivity index (χ4n) is 3.76. The minimum absolute atomic E-state index is 0.169. The Balaban J connectivity index is 1.56. The molecule has 0 N–H and O–H groups in total. The van der Waals surface area contributed by atoms with Gasteiger partial charge in [0.1, 0.15) is 16.3 Å². The van der Waals surface area contributed by atoms with Crippen molar-refractivity contribution in [3.63, 3.8) is 0 Å². The summed E-state index contributed by atoms with van der Waals surface area (Å²) in [6.45, 7) is 3.21. The highest BCUT2D eigenvalue weighted by molar-refractivity contribution is 7.89. The molecule has 2 aliphatic heterocycles. The summed E-state index contributed by atoms with van der Waals surface area (Å²) in [6, 6.07) is 3.08. The number of fused-ring (bicyclic) bond motifs is 2. The van der Waals surface area contributed by atoms with Crippen LogP contribution in [0.15, 0.2) is 29.4 Å². The van der Waals surface area contributed by atoms with Crippen LogP contribution in [-0.2, 0) is 26.8 Å². The van der Waals surface area contributed by atoms with Crippen molar-refractivity contribution in [1.29, 1.82) is 0 Å². The predicted molar refractivity (Wildman–Crippen MR) is 96.9 cm³/mol. The van der Waals surface area contributed by atoms with Crippen LogP contribution in [0.1, 0.15) is 29.9 Å². The SMILES string of the molecule is COc1ccc(S(=O)(=O)N2CCC3(CC2)OCCc2cnc(C)nc23)cn1. The van der Waals surface area contributed by atoms with Crippen molar-refractivity contribution in [3.05, 3.63) is 41.6 Å². The number of aryl methyl sites for hydroxylation is 1. The lowest BCUT2D eigenvalue weighted by Gasteiger charge is -2.43. The van der Waals surface area contributed by atoms with Gasteiger partial charge in [0, 0.05) is 25.4 Å². The lowest BCUT2D eigenvalue weighted by molar-refractivity contribution is -0.0926. The molecule has 27 heavy (non-hydrogen) atoms. The molecule has 0 atom stereocenters. The minimum Gasteiger partial charge on any atom is -0.481 e. The van der Waals surface area contributed by atoms with Crippen LogP contribution in [0.3, 0.4) is 0 Å². The zero-order valence-electron chi connectivity index (χ0n) is 15.4. The van der Waals surface area contributed by atoms with Gasteiger partial charge in [-0.3, -0.25) is 0 Å². The molecule has 8 nitrogen and oxygen atoms in total. The molecule has 9 heteroatoms. The maximum absolute atomic E-state index is 12.9. The van der Waals surface area contributed by atoms with E-state index in [4.69, 9.17) is 9.47 Å². The van der Waals surface area contributed by atoms with Crippen LogP contribution in [0.25, 0.3) is 0 Å². The van der Waals surface area contributed by atoms with Gasteiger partial charge < -0.3 is 9.47 Å². The number of sulfonamides is 1. The maximum Gasteiger partial charge on any atom is 0.244 e. The lowest BCUT2D eigenvalue weighted by atomic mass is 9.84. The second-order valence-electron chi connectivity index (χ2n) is 6.82. The van der Waals surface area contributed by atoms with E-state index in [1.165, 1.54) is 23.7 Å². The van der Waals surface area contributed by atoms with Gasteiger partial charge in [0.15, 0.2) is 0 Å². The monoisotopic (exact) mass is 390 g/mol. The molecule has 2 aromatic rings. The van der Waals surface area contributed by atoms with E-state index in [0.717, 1.165) is 17.7 Å². The van der Waals surface area contributed by atoms with Gasteiger partial charge in [0.25, 0.3) is 0 Å². The molecule has 4 rings (SSSR count). The zero-order valence-corrected chi connectivity index (χ0v) is 16.2. The third-order valence-electron chi connectivity index (χ3n) is 5.25. The van der Waals surface area contributed by atoms with Crippen LogP contribution < -0.4 is 4.74 Å². The van der Waals surface area contributed by atoms with Gasteiger partial charge >= 0.3 is 0 Å². The molecule has 0 saturated carbocycles. The summed E-state index contributed by atoms with van der Waals surface area (Å²) in [5.41, 5.74) is 1.50. The Morgan fingerprint density at radius 1 is 1.19 bits per heavy atom. The molecule has 2 aromatic heterocycles. The Morgan fingerprint density at radius 2 is 1.96 bits per heavy atom. The fraction of sp³-hybridized carbons (Fsp3) is 0.500. The van der Waals surface area contributed by atoms with Crippen molar-refractivity contribution in [3.8, 4) is 5.88 Å². The number of nitrogens with zero attached hydrogens (tertiary/aromatic N) is 4. The third kappa shape index (κ3) is 3.19. The molecule has 0 aromatic carbocycles. The van der Waals surface area contributed by atoms with Crippen LogP contribution in [0.2, 0.25) is 0 Å². The molecule has 144 valence electrons. The molecule has 0 aliphatic carbocycles. The van der Waals surface area contributed by atoms with Crippen molar-refractivity contribution in [2.45, 2.75) is 36.7 Å². The first-order valence-corrected chi connectivity index (χ1v) is 10.4. The first-order chi connectivity index (χ1) is 12.9. The largest absolute Gasteiger partial charge is 0.481 e. The van der Waals surface area contributed by atoms with E-state index in [0.29, 0.717) is 44.2 Å². The van der Waals surface area contributed by atoms with E-state index in [-0.39, 0.29) is 4.90 Å². The molecule has 1 fully saturated rings. The number of methoxy groups -OCH3 is 1. The summed E-state index contributed by atoms with van der Waals surface area (Å²) in [6.07, 6.45) is 5.13. The highest BCUT2D eigenvalue weighted by Crippen LogP contribution is 2.41. The number of aromatic nitrogens is 3. The summed E-state index contributed by atoms with van der Waals surface area (Å²) >= 11 is 0. The van der Waals surface area contributed by atoms with Gasteiger partial charge in [-0.1, -0.05) is 0 Å². The Kier molecular flexibility index (Phi) is 4.61. The fourth-order valence-corrected chi connectivity index (χ4v) is 5.14. The number of rotatable bonds is 3. The van der Waals surface area contributed by atoms with Crippen molar-refractivity contribution in [2.75, 3.05) is 26.8 Å². The molecule has 4 heterocycles. The van der Waals surface area contributed by atoms with Crippen molar-refractivity contribution < 1.29 is 17.9 Å². The zero-order chi connectivity index (χ0) is 19.1. The molecule has 2 aliphatic rings. The van der Waals surface area contributed by atoms with E-state index in [1.807, 2.05) is 13.1 Å². The summed E-state index contributed by atoms with van der Waals surface area (Å²) in [5, 5.41) is 0. The topological polar surface area (TPSA) is 94.5 Å². The van der Waals surface area contributed by atoms with Crippen LogP contribution in [0.4, 0.5) is 0 Å². The third-order valence-corrected chi connectivity index (χ3v) is 7.13. The average Bonchev–Trinajstić information content (AvgIpc) is 2.69. The van der Waals surface area contributed by atoms with Gasteiger partial charge in [-0.05, 0) is 37.8 Å². The van der Waals surface area contributed by atoms with Crippen LogP contribution >= 0.6 is 0 Å². The highest BCUT2D eigenvalue weighted by atomic mass is 32.2. The predicted octanol–water partition coefficient (Wildman–Crippen LogP) is 1.44.